The largest absolute Gasteiger partial charge is 0.449 e. The third-order valence-corrected chi connectivity index (χ3v) is 4.44. The number of amides is 1. The highest BCUT2D eigenvalue weighted by molar-refractivity contribution is 6.05. The number of benzene rings is 1. The molecule has 4 aromatic rings. The van der Waals surface area contributed by atoms with E-state index in [4.69, 9.17) is 9.26 Å². The fraction of sp³-hybridized carbons (Fsp3) is 0.136. The highest BCUT2D eigenvalue weighted by Crippen LogP contribution is 2.25. The first kappa shape index (κ1) is 19.3. The number of aromatic nitrogens is 3. The molecule has 0 aliphatic carbocycles. The molecule has 4 rings (SSSR count). The highest BCUT2D eigenvalue weighted by Gasteiger charge is 2.22. The number of hydrogen-bond donors (Lipinski definition) is 1. The number of rotatable bonds is 5. The summed E-state index contributed by atoms with van der Waals surface area (Å²) in [6.45, 7) is 3.22. The zero-order chi connectivity index (χ0) is 21.1. The minimum atomic E-state index is -1.04. The fourth-order valence-corrected chi connectivity index (χ4v) is 2.94. The van der Waals surface area contributed by atoms with Crippen molar-refractivity contribution in [2.24, 2.45) is 0 Å². The lowest BCUT2D eigenvalue weighted by molar-refractivity contribution is -0.123. The molecule has 150 valence electrons. The van der Waals surface area contributed by atoms with Crippen LogP contribution < -0.4 is 5.32 Å². The number of aryl methyl sites for hydroxylation is 1. The van der Waals surface area contributed by atoms with Gasteiger partial charge in [0, 0.05) is 29.4 Å². The first-order chi connectivity index (χ1) is 14.5. The molecule has 0 spiro atoms. The van der Waals surface area contributed by atoms with E-state index >= 15 is 0 Å². The minimum absolute atomic E-state index is 0.190. The van der Waals surface area contributed by atoms with Crippen LogP contribution in [0.15, 0.2) is 65.4 Å². The SMILES string of the molecule is Cc1cc(NC(=O)C(C)OC(=O)c2cc(-c3ccncc3)nc3ccccc23)on1. The topological polar surface area (TPSA) is 107 Å². The molecule has 1 unspecified atom stereocenters. The summed E-state index contributed by atoms with van der Waals surface area (Å²) in [7, 11) is 0. The van der Waals surface area contributed by atoms with Crippen molar-refractivity contribution in [3.8, 4) is 11.3 Å². The molecule has 0 bridgehead atoms. The second-order valence-corrected chi connectivity index (χ2v) is 6.68. The maximum Gasteiger partial charge on any atom is 0.339 e. The van der Waals surface area contributed by atoms with E-state index in [1.54, 1.807) is 37.5 Å². The van der Waals surface area contributed by atoms with Crippen LogP contribution in [0, 0.1) is 6.92 Å². The van der Waals surface area contributed by atoms with E-state index in [-0.39, 0.29) is 5.88 Å². The van der Waals surface area contributed by atoms with Crippen LogP contribution in [-0.2, 0) is 9.53 Å². The molecule has 0 aliphatic heterocycles. The molecule has 0 saturated heterocycles. The van der Waals surface area contributed by atoms with Crippen molar-refractivity contribution in [3.63, 3.8) is 0 Å². The van der Waals surface area contributed by atoms with Gasteiger partial charge >= 0.3 is 5.97 Å². The quantitative estimate of drug-likeness (QED) is 0.506. The molecule has 0 saturated carbocycles. The van der Waals surface area contributed by atoms with Gasteiger partial charge in [-0.15, -0.1) is 0 Å². The van der Waals surface area contributed by atoms with Crippen LogP contribution in [0.1, 0.15) is 23.0 Å². The van der Waals surface area contributed by atoms with Gasteiger partial charge in [0.1, 0.15) is 0 Å². The first-order valence-electron chi connectivity index (χ1n) is 9.26. The minimum Gasteiger partial charge on any atom is -0.449 e. The lowest BCUT2D eigenvalue weighted by atomic mass is 10.0. The monoisotopic (exact) mass is 402 g/mol. The lowest BCUT2D eigenvalue weighted by Gasteiger charge is -2.14. The molecule has 3 aromatic heterocycles. The number of ether oxygens (including phenoxy) is 1. The van der Waals surface area contributed by atoms with Gasteiger partial charge in [0.15, 0.2) is 6.10 Å². The Balaban J connectivity index is 1.61. The van der Waals surface area contributed by atoms with E-state index in [9.17, 15) is 9.59 Å². The Morgan fingerprint density at radius 3 is 2.60 bits per heavy atom. The van der Waals surface area contributed by atoms with Crippen LogP contribution in [0.2, 0.25) is 0 Å². The van der Waals surface area contributed by atoms with E-state index in [2.05, 4.69) is 20.4 Å². The molecule has 0 aliphatic rings. The number of anilines is 1. The van der Waals surface area contributed by atoms with Crippen LogP contribution >= 0.6 is 0 Å². The van der Waals surface area contributed by atoms with Crippen molar-refractivity contribution in [2.75, 3.05) is 5.32 Å². The van der Waals surface area contributed by atoms with E-state index in [1.165, 1.54) is 6.92 Å². The summed E-state index contributed by atoms with van der Waals surface area (Å²) >= 11 is 0. The molecule has 1 atom stereocenters. The number of para-hydroxylation sites is 1. The number of pyridine rings is 2. The molecule has 1 amide bonds. The van der Waals surface area contributed by atoms with Gasteiger partial charge in [0.25, 0.3) is 5.91 Å². The van der Waals surface area contributed by atoms with Gasteiger partial charge in [-0.3, -0.25) is 15.1 Å². The van der Waals surface area contributed by atoms with E-state index in [0.717, 1.165) is 5.56 Å². The summed E-state index contributed by atoms with van der Waals surface area (Å²) in [5, 5.41) is 6.87. The summed E-state index contributed by atoms with van der Waals surface area (Å²) in [5.41, 5.74) is 3.02. The average Bonchev–Trinajstić information content (AvgIpc) is 3.17. The van der Waals surface area contributed by atoms with E-state index < -0.39 is 18.0 Å². The van der Waals surface area contributed by atoms with Crippen molar-refractivity contribution < 1.29 is 18.8 Å². The number of nitrogens with zero attached hydrogens (tertiary/aromatic N) is 3. The molecule has 30 heavy (non-hydrogen) atoms. The van der Waals surface area contributed by atoms with Gasteiger partial charge in [0.05, 0.1) is 22.5 Å². The van der Waals surface area contributed by atoms with Gasteiger partial charge < -0.3 is 9.26 Å². The van der Waals surface area contributed by atoms with Crippen LogP contribution in [0.5, 0.6) is 0 Å². The molecule has 1 N–H and O–H groups in total. The Morgan fingerprint density at radius 2 is 1.87 bits per heavy atom. The number of fused-ring (bicyclic) bond motifs is 1. The molecule has 0 fully saturated rings. The lowest BCUT2D eigenvalue weighted by Crippen LogP contribution is -2.30. The molecule has 0 radical (unpaired) electrons. The summed E-state index contributed by atoms with van der Waals surface area (Å²) in [6.07, 6.45) is 2.27. The normalized spacial score (nSPS) is 11.8. The molecular weight excluding hydrogens is 384 g/mol. The zero-order valence-corrected chi connectivity index (χ0v) is 16.3. The van der Waals surface area contributed by atoms with Crippen molar-refractivity contribution >= 4 is 28.7 Å². The number of nitrogens with one attached hydrogen (secondary N) is 1. The highest BCUT2D eigenvalue weighted by atomic mass is 16.5. The predicted molar refractivity (Wildman–Crippen MR) is 110 cm³/mol. The summed E-state index contributed by atoms with van der Waals surface area (Å²) in [6, 6.07) is 14.1. The molecule has 1 aromatic carbocycles. The fourth-order valence-electron chi connectivity index (χ4n) is 2.94. The van der Waals surface area contributed by atoms with E-state index in [0.29, 0.717) is 27.9 Å². The Labute approximate surface area is 171 Å². The van der Waals surface area contributed by atoms with Crippen LogP contribution in [-0.4, -0.2) is 33.1 Å². The van der Waals surface area contributed by atoms with Gasteiger partial charge in [0.2, 0.25) is 5.88 Å². The number of esters is 1. The second-order valence-electron chi connectivity index (χ2n) is 6.68. The Bertz CT molecular complexity index is 1220. The Hall–Kier alpha value is -4.07. The van der Waals surface area contributed by atoms with Crippen LogP contribution in [0.3, 0.4) is 0 Å². The number of carbonyl (C=O) groups is 2. The summed E-state index contributed by atoms with van der Waals surface area (Å²) in [5.74, 6) is -0.956. The smallest absolute Gasteiger partial charge is 0.339 e. The maximum absolute atomic E-state index is 12.9. The molecular formula is C22H18N4O4. The van der Waals surface area contributed by atoms with Gasteiger partial charge in [-0.1, -0.05) is 23.4 Å². The second kappa shape index (κ2) is 8.12. The van der Waals surface area contributed by atoms with Gasteiger partial charge in [-0.2, -0.15) is 0 Å². The van der Waals surface area contributed by atoms with Gasteiger partial charge in [-0.05, 0) is 38.1 Å². The maximum atomic E-state index is 12.9. The summed E-state index contributed by atoms with van der Waals surface area (Å²) in [4.78, 5) is 33.9. The average molecular weight is 402 g/mol. The van der Waals surface area contributed by atoms with Crippen molar-refractivity contribution in [3.05, 3.63) is 72.2 Å². The van der Waals surface area contributed by atoms with Crippen molar-refractivity contribution in [1.29, 1.82) is 0 Å². The van der Waals surface area contributed by atoms with Crippen molar-refractivity contribution in [2.45, 2.75) is 20.0 Å². The van der Waals surface area contributed by atoms with Gasteiger partial charge in [-0.25, -0.2) is 9.78 Å². The van der Waals surface area contributed by atoms with Crippen LogP contribution in [0.25, 0.3) is 22.2 Å². The number of hydrogen-bond acceptors (Lipinski definition) is 7. The first-order valence-corrected chi connectivity index (χ1v) is 9.26. The molecule has 8 heteroatoms. The van der Waals surface area contributed by atoms with E-state index in [1.807, 2.05) is 30.3 Å². The van der Waals surface area contributed by atoms with Crippen molar-refractivity contribution in [1.82, 2.24) is 15.1 Å². The molecule has 8 nitrogen and oxygen atoms in total. The molecule has 3 heterocycles. The predicted octanol–water partition coefficient (Wildman–Crippen LogP) is 3.78. The zero-order valence-electron chi connectivity index (χ0n) is 16.3. The summed E-state index contributed by atoms with van der Waals surface area (Å²) < 4.78 is 10.4. The number of carbonyl (C=O) groups excluding carboxylic acids is 2. The standard InChI is InChI=1S/C22H18N4O4/c1-13-11-20(30-26-13)25-21(27)14(2)29-22(28)17-12-19(15-7-9-23-10-8-15)24-18-6-4-3-5-16(17)18/h3-12,14H,1-2H3,(H,25,27). The third-order valence-electron chi connectivity index (χ3n) is 4.44. The third kappa shape index (κ3) is 4.02. The van der Waals surface area contributed by atoms with Crippen LogP contribution in [0.4, 0.5) is 5.88 Å². The Kier molecular flexibility index (Phi) is 5.21. The Morgan fingerprint density at radius 1 is 1.10 bits per heavy atom.